The molecule has 1 aromatic heterocycles. The van der Waals surface area contributed by atoms with E-state index in [0.29, 0.717) is 12.0 Å². The van der Waals surface area contributed by atoms with Crippen molar-refractivity contribution in [3.05, 3.63) is 35.0 Å². The third kappa shape index (κ3) is 2.87. The first-order chi connectivity index (χ1) is 12.3. The highest BCUT2D eigenvalue weighted by atomic mass is 32.2. The fourth-order valence-electron chi connectivity index (χ4n) is 4.99. The van der Waals surface area contributed by atoms with Gasteiger partial charge in [-0.15, -0.1) is 0 Å². The average molecular weight is 358 g/mol. The van der Waals surface area contributed by atoms with Gasteiger partial charge in [0, 0.05) is 46.9 Å². The van der Waals surface area contributed by atoms with Gasteiger partial charge in [-0.2, -0.15) is 11.8 Å². The Kier molecular flexibility index (Phi) is 4.78. The molecule has 1 aliphatic heterocycles. The van der Waals surface area contributed by atoms with E-state index in [9.17, 15) is 4.79 Å². The summed E-state index contributed by atoms with van der Waals surface area (Å²) in [5.41, 5.74) is 5.69. The first-order valence-corrected chi connectivity index (χ1v) is 10.7. The summed E-state index contributed by atoms with van der Waals surface area (Å²) >= 11 is 1.88. The van der Waals surface area contributed by atoms with Crippen LogP contribution in [0.1, 0.15) is 42.5 Å². The minimum atomic E-state index is 0.256. The number of piperidine rings is 1. The van der Waals surface area contributed by atoms with Crippen LogP contribution < -0.4 is 5.32 Å². The highest BCUT2D eigenvalue weighted by molar-refractivity contribution is 7.97. The second-order valence-electron chi connectivity index (χ2n) is 7.37. The molecule has 5 heteroatoms. The average Bonchev–Trinajstić information content (AvgIpc) is 2.96. The molecule has 4 rings (SSSR count). The highest BCUT2D eigenvalue weighted by Crippen LogP contribution is 2.44. The smallest absolute Gasteiger partial charge is 0.207 e. The number of amides is 1. The van der Waals surface area contributed by atoms with Crippen LogP contribution in [-0.2, 0) is 17.0 Å². The van der Waals surface area contributed by atoms with Gasteiger partial charge in [-0.1, -0.05) is 19.1 Å². The number of hydrogen-bond acceptors (Lipinski definition) is 3. The second-order valence-corrected chi connectivity index (χ2v) is 8.24. The van der Waals surface area contributed by atoms with Crippen LogP contribution in [-0.4, -0.2) is 47.7 Å². The topological polar surface area (TPSA) is 48.1 Å². The zero-order chi connectivity index (χ0) is 17.4. The van der Waals surface area contributed by atoms with E-state index in [1.807, 2.05) is 11.8 Å². The molecule has 2 N–H and O–H groups in total. The monoisotopic (exact) mass is 357 g/mol. The lowest BCUT2D eigenvalue weighted by Crippen LogP contribution is -2.55. The van der Waals surface area contributed by atoms with Gasteiger partial charge in [0.25, 0.3) is 0 Å². The number of carbonyl (C=O) groups excluding carboxylic acids is 1. The minimum absolute atomic E-state index is 0.256. The third-order valence-corrected chi connectivity index (χ3v) is 6.47. The summed E-state index contributed by atoms with van der Waals surface area (Å²) in [7, 11) is 0. The number of nitrogens with one attached hydrogen (secondary N) is 2. The standard InChI is InChI=1S/C20H27N3OS/c1-3-7-23-10-13(21-12-24)8-15-14-5-4-6-17-20(14)16(9-19(15)23)18(22-17)11-25-2/h4-6,12-13,15,19,22H,3,7-11H2,1-2H3,(H,21,24)/t13?,15?,19-/m1/s1. The Labute approximate surface area is 153 Å². The van der Waals surface area contributed by atoms with Gasteiger partial charge in [0.2, 0.25) is 6.41 Å². The number of thioether (sulfide) groups is 1. The molecule has 25 heavy (non-hydrogen) atoms. The Balaban J connectivity index is 1.79. The Morgan fingerprint density at radius 3 is 3.08 bits per heavy atom. The zero-order valence-electron chi connectivity index (χ0n) is 15.0. The first kappa shape index (κ1) is 17.0. The number of likely N-dealkylation sites (tertiary alicyclic amines) is 1. The maximum Gasteiger partial charge on any atom is 0.207 e. The predicted molar refractivity (Wildman–Crippen MR) is 105 cm³/mol. The third-order valence-electron chi connectivity index (χ3n) is 5.89. The summed E-state index contributed by atoms with van der Waals surface area (Å²) in [5.74, 6) is 1.55. The van der Waals surface area contributed by atoms with Gasteiger partial charge in [0.1, 0.15) is 0 Å². The van der Waals surface area contributed by atoms with Crippen LogP contribution in [0.2, 0.25) is 0 Å². The van der Waals surface area contributed by atoms with E-state index in [1.54, 1.807) is 0 Å². The summed E-state index contributed by atoms with van der Waals surface area (Å²) in [6.45, 7) is 4.32. The van der Waals surface area contributed by atoms with Gasteiger partial charge >= 0.3 is 0 Å². The Bertz CT molecular complexity index is 772. The van der Waals surface area contributed by atoms with E-state index in [-0.39, 0.29) is 6.04 Å². The Hall–Kier alpha value is -1.46. The molecule has 4 nitrogen and oxygen atoms in total. The molecular formula is C20H27N3OS. The van der Waals surface area contributed by atoms with Crippen LogP contribution in [0.5, 0.6) is 0 Å². The molecule has 2 heterocycles. The van der Waals surface area contributed by atoms with Crippen LogP contribution in [0.3, 0.4) is 0 Å². The quantitative estimate of drug-likeness (QED) is 0.780. The molecule has 2 aliphatic rings. The number of aromatic amines is 1. The molecule has 0 bridgehead atoms. The maximum absolute atomic E-state index is 11.0. The van der Waals surface area contributed by atoms with E-state index >= 15 is 0 Å². The molecule has 1 saturated heterocycles. The molecule has 1 fully saturated rings. The van der Waals surface area contributed by atoms with E-state index in [2.05, 4.69) is 46.6 Å². The van der Waals surface area contributed by atoms with Crippen molar-refractivity contribution in [3.8, 4) is 0 Å². The summed E-state index contributed by atoms with van der Waals surface area (Å²) in [6, 6.07) is 7.52. The van der Waals surface area contributed by atoms with Gasteiger partial charge in [-0.05, 0) is 49.3 Å². The molecule has 0 radical (unpaired) electrons. The van der Waals surface area contributed by atoms with Crippen LogP contribution >= 0.6 is 11.8 Å². The number of nitrogens with zero attached hydrogens (tertiary/aromatic N) is 1. The van der Waals surface area contributed by atoms with Crippen LogP contribution in [0.15, 0.2) is 18.2 Å². The summed E-state index contributed by atoms with van der Waals surface area (Å²) in [5, 5.41) is 4.51. The fourth-order valence-corrected chi connectivity index (χ4v) is 5.52. The van der Waals surface area contributed by atoms with E-state index in [4.69, 9.17) is 0 Å². The molecule has 0 saturated carbocycles. The van der Waals surface area contributed by atoms with Gasteiger partial charge in [-0.25, -0.2) is 0 Å². The molecule has 1 aliphatic carbocycles. The lowest BCUT2D eigenvalue weighted by molar-refractivity contribution is -0.110. The number of aromatic nitrogens is 1. The van der Waals surface area contributed by atoms with Crippen molar-refractivity contribution < 1.29 is 4.79 Å². The van der Waals surface area contributed by atoms with Crippen molar-refractivity contribution in [1.29, 1.82) is 0 Å². The highest BCUT2D eigenvalue weighted by Gasteiger charge is 2.41. The van der Waals surface area contributed by atoms with Gasteiger partial charge in [0.05, 0.1) is 0 Å². The lowest BCUT2D eigenvalue weighted by atomic mass is 9.73. The van der Waals surface area contributed by atoms with E-state index in [1.165, 1.54) is 27.7 Å². The van der Waals surface area contributed by atoms with Crippen molar-refractivity contribution in [2.75, 3.05) is 19.3 Å². The normalized spacial score (nSPS) is 25.8. The van der Waals surface area contributed by atoms with Crippen molar-refractivity contribution in [1.82, 2.24) is 15.2 Å². The van der Waals surface area contributed by atoms with Crippen LogP contribution in [0.25, 0.3) is 10.9 Å². The van der Waals surface area contributed by atoms with E-state index in [0.717, 1.165) is 44.5 Å². The molecular weight excluding hydrogens is 330 g/mol. The van der Waals surface area contributed by atoms with Crippen molar-refractivity contribution in [3.63, 3.8) is 0 Å². The summed E-state index contributed by atoms with van der Waals surface area (Å²) in [6.07, 6.45) is 6.37. The molecule has 2 aromatic rings. The van der Waals surface area contributed by atoms with Gasteiger partial charge in [-0.3, -0.25) is 9.69 Å². The van der Waals surface area contributed by atoms with E-state index < -0.39 is 0 Å². The molecule has 1 aromatic carbocycles. The SMILES string of the molecule is CCCN1CC(NC=O)CC2c3cccc4[nH]c(CSC)c(c34)C[C@H]21. The van der Waals surface area contributed by atoms with Crippen molar-refractivity contribution in [2.45, 2.75) is 49.9 Å². The molecule has 0 spiro atoms. The lowest BCUT2D eigenvalue weighted by Gasteiger charge is -2.47. The number of rotatable bonds is 6. The fraction of sp³-hybridized carbons (Fsp3) is 0.550. The molecule has 3 atom stereocenters. The molecule has 1 amide bonds. The zero-order valence-corrected chi connectivity index (χ0v) is 15.9. The maximum atomic E-state index is 11.0. The van der Waals surface area contributed by atoms with Crippen molar-refractivity contribution in [2.24, 2.45) is 0 Å². The largest absolute Gasteiger partial charge is 0.357 e. The van der Waals surface area contributed by atoms with Crippen LogP contribution in [0, 0.1) is 0 Å². The number of fused-ring (bicyclic) bond motifs is 2. The van der Waals surface area contributed by atoms with Crippen LogP contribution in [0.4, 0.5) is 0 Å². The number of carbonyl (C=O) groups is 1. The Morgan fingerprint density at radius 2 is 2.32 bits per heavy atom. The summed E-state index contributed by atoms with van der Waals surface area (Å²) < 4.78 is 0. The number of hydrogen-bond donors (Lipinski definition) is 2. The van der Waals surface area contributed by atoms with Crippen molar-refractivity contribution >= 4 is 29.1 Å². The second kappa shape index (κ2) is 7.04. The first-order valence-electron chi connectivity index (χ1n) is 9.31. The summed E-state index contributed by atoms with van der Waals surface area (Å²) in [4.78, 5) is 17.3. The number of benzene rings is 1. The molecule has 2 unspecified atom stereocenters. The molecule has 134 valence electrons. The van der Waals surface area contributed by atoms with Gasteiger partial charge < -0.3 is 10.3 Å². The predicted octanol–water partition coefficient (Wildman–Crippen LogP) is 3.27. The van der Waals surface area contributed by atoms with Gasteiger partial charge in [0.15, 0.2) is 0 Å². The minimum Gasteiger partial charge on any atom is -0.357 e. The number of H-pyrrole nitrogens is 1. The Morgan fingerprint density at radius 1 is 1.44 bits per heavy atom.